The highest BCUT2D eigenvalue weighted by Gasteiger charge is 2.10. The summed E-state index contributed by atoms with van der Waals surface area (Å²) >= 11 is 5.97. The molecule has 0 aliphatic heterocycles. The standard InChI is InChI=1S/C17H17ClN2/c1-3-4-16-19-15-10-11(2)9-14(17(15)20-16)12-5-7-13(18)8-6-12/h5-10H,3-4H2,1-2H3,(H,19,20). The van der Waals surface area contributed by atoms with E-state index in [9.17, 15) is 0 Å². The molecule has 0 bridgehead atoms. The van der Waals surface area contributed by atoms with Gasteiger partial charge in [0.1, 0.15) is 5.82 Å². The third-order valence-electron chi connectivity index (χ3n) is 3.42. The van der Waals surface area contributed by atoms with Crippen LogP contribution in [-0.2, 0) is 6.42 Å². The molecule has 1 aromatic heterocycles. The Kier molecular flexibility index (Phi) is 3.49. The lowest BCUT2D eigenvalue weighted by Crippen LogP contribution is -1.85. The van der Waals surface area contributed by atoms with Gasteiger partial charge in [-0.15, -0.1) is 0 Å². The van der Waals surface area contributed by atoms with Crippen molar-refractivity contribution in [2.24, 2.45) is 0 Å². The van der Waals surface area contributed by atoms with Crippen molar-refractivity contribution in [1.29, 1.82) is 0 Å². The SMILES string of the molecule is CCCc1nc2c(-c3ccc(Cl)cc3)cc(C)cc2[nH]1. The molecular formula is C17H17ClN2. The number of aryl methyl sites for hydroxylation is 2. The van der Waals surface area contributed by atoms with Crippen molar-refractivity contribution in [3.8, 4) is 11.1 Å². The lowest BCUT2D eigenvalue weighted by atomic mass is 10.0. The number of nitrogens with one attached hydrogen (secondary N) is 1. The topological polar surface area (TPSA) is 28.7 Å². The Morgan fingerprint density at radius 3 is 2.60 bits per heavy atom. The van der Waals surface area contributed by atoms with Gasteiger partial charge in [0.15, 0.2) is 0 Å². The highest BCUT2D eigenvalue weighted by Crippen LogP contribution is 2.29. The Morgan fingerprint density at radius 1 is 1.15 bits per heavy atom. The number of rotatable bonds is 3. The van der Waals surface area contributed by atoms with Crippen LogP contribution in [0.15, 0.2) is 36.4 Å². The predicted octanol–water partition coefficient (Wildman–Crippen LogP) is 5.14. The first-order valence-electron chi connectivity index (χ1n) is 6.92. The Hall–Kier alpha value is -1.80. The molecule has 102 valence electrons. The number of aromatic amines is 1. The van der Waals surface area contributed by atoms with Crippen LogP contribution in [0.4, 0.5) is 0 Å². The summed E-state index contributed by atoms with van der Waals surface area (Å²) in [4.78, 5) is 8.18. The highest BCUT2D eigenvalue weighted by atomic mass is 35.5. The van der Waals surface area contributed by atoms with Gasteiger partial charge in [0.2, 0.25) is 0 Å². The molecular weight excluding hydrogens is 268 g/mol. The van der Waals surface area contributed by atoms with Gasteiger partial charge in [-0.05, 0) is 48.7 Å². The van der Waals surface area contributed by atoms with E-state index in [-0.39, 0.29) is 0 Å². The molecule has 0 aliphatic rings. The Labute approximate surface area is 123 Å². The van der Waals surface area contributed by atoms with Gasteiger partial charge in [-0.25, -0.2) is 4.98 Å². The van der Waals surface area contributed by atoms with E-state index in [1.54, 1.807) is 0 Å². The number of fused-ring (bicyclic) bond motifs is 1. The van der Waals surface area contributed by atoms with Gasteiger partial charge < -0.3 is 4.98 Å². The van der Waals surface area contributed by atoms with E-state index >= 15 is 0 Å². The van der Waals surface area contributed by atoms with Gasteiger partial charge in [0, 0.05) is 17.0 Å². The molecule has 0 atom stereocenters. The van der Waals surface area contributed by atoms with E-state index in [0.29, 0.717) is 0 Å². The molecule has 2 nitrogen and oxygen atoms in total. The largest absolute Gasteiger partial charge is 0.342 e. The predicted molar refractivity (Wildman–Crippen MR) is 85.3 cm³/mol. The number of halogens is 1. The molecule has 3 aromatic rings. The van der Waals surface area contributed by atoms with Crippen LogP contribution in [0, 0.1) is 6.92 Å². The lowest BCUT2D eigenvalue weighted by molar-refractivity contribution is 0.861. The molecule has 20 heavy (non-hydrogen) atoms. The third-order valence-corrected chi connectivity index (χ3v) is 3.67. The monoisotopic (exact) mass is 284 g/mol. The zero-order valence-corrected chi connectivity index (χ0v) is 12.5. The summed E-state index contributed by atoms with van der Waals surface area (Å²) in [6.45, 7) is 4.28. The van der Waals surface area contributed by atoms with Gasteiger partial charge in [-0.1, -0.05) is 30.7 Å². The summed E-state index contributed by atoms with van der Waals surface area (Å²) in [7, 11) is 0. The van der Waals surface area contributed by atoms with Crippen LogP contribution >= 0.6 is 11.6 Å². The zero-order chi connectivity index (χ0) is 14.1. The van der Waals surface area contributed by atoms with E-state index in [0.717, 1.165) is 45.8 Å². The number of aromatic nitrogens is 2. The fourth-order valence-electron chi connectivity index (χ4n) is 2.52. The van der Waals surface area contributed by atoms with Gasteiger partial charge >= 0.3 is 0 Å². The van der Waals surface area contributed by atoms with E-state index in [1.807, 2.05) is 24.3 Å². The summed E-state index contributed by atoms with van der Waals surface area (Å²) in [5.74, 6) is 1.06. The Morgan fingerprint density at radius 2 is 1.90 bits per heavy atom. The maximum atomic E-state index is 5.97. The second-order valence-electron chi connectivity index (χ2n) is 5.15. The minimum atomic E-state index is 0.756. The number of hydrogen-bond donors (Lipinski definition) is 1. The molecule has 0 saturated carbocycles. The number of nitrogens with zero attached hydrogens (tertiary/aromatic N) is 1. The molecule has 1 heterocycles. The van der Waals surface area contributed by atoms with Gasteiger partial charge in [-0.2, -0.15) is 0 Å². The second-order valence-corrected chi connectivity index (χ2v) is 5.59. The molecule has 0 amide bonds. The van der Waals surface area contributed by atoms with Crippen LogP contribution in [0.25, 0.3) is 22.2 Å². The highest BCUT2D eigenvalue weighted by molar-refractivity contribution is 6.30. The summed E-state index contributed by atoms with van der Waals surface area (Å²) < 4.78 is 0. The van der Waals surface area contributed by atoms with Gasteiger partial charge in [0.05, 0.1) is 11.0 Å². The first kappa shape index (κ1) is 13.2. The molecule has 0 fully saturated rings. The van der Waals surface area contributed by atoms with Crippen molar-refractivity contribution in [3.63, 3.8) is 0 Å². The average molecular weight is 285 g/mol. The van der Waals surface area contributed by atoms with Crippen molar-refractivity contribution < 1.29 is 0 Å². The second kappa shape index (κ2) is 5.29. The van der Waals surface area contributed by atoms with Crippen molar-refractivity contribution >= 4 is 22.6 Å². The summed E-state index contributed by atoms with van der Waals surface area (Å²) in [5.41, 5.74) is 5.70. The van der Waals surface area contributed by atoms with E-state index in [2.05, 4.69) is 31.0 Å². The van der Waals surface area contributed by atoms with Crippen LogP contribution in [0.1, 0.15) is 24.7 Å². The number of benzene rings is 2. The van der Waals surface area contributed by atoms with E-state index < -0.39 is 0 Å². The van der Waals surface area contributed by atoms with Crippen LogP contribution in [0.3, 0.4) is 0 Å². The number of hydrogen-bond acceptors (Lipinski definition) is 1. The number of H-pyrrole nitrogens is 1. The Balaban J connectivity index is 2.20. The maximum absolute atomic E-state index is 5.97. The number of imidazole rings is 1. The normalized spacial score (nSPS) is 11.2. The van der Waals surface area contributed by atoms with Crippen LogP contribution in [0.2, 0.25) is 5.02 Å². The van der Waals surface area contributed by atoms with Crippen molar-refractivity contribution in [3.05, 3.63) is 52.8 Å². The van der Waals surface area contributed by atoms with Gasteiger partial charge in [0.25, 0.3) is 0 Å². The molecule has 0 spiro atoms. The summed E-state index contributed by atoms with van der Waals surface area (Å²) in [6.07, 6.45) is 2.07. The molecule has 3 rings (SSSR count). The smallest absolute Gasteiger partial charge is 0.107 e. The Bertz CT molecular complexity index is 742. The molecule has 0 saturated heterocycles. The van der Waals surface area contributed by atoms with E-state index in [1.165, 1.54) is 5.56 Å². The molecule has 0 unspecified atom stereocenters. The quantitative estimate of drug-likeness (QED) is 0.708. The fraction of sp³-hybridized carbons (Fsp3) is 0.235. The summed E-state index contributed by atoms with van der Waals surface area (Å²) in [6, 6.07) is 12.3. The maximum Gasteiger partial charge on any atom is 0.107 e. The first-order valence-corrected chi connectivity index (χ1v) is 7.30. The van der Waals surface area contributed by atoms with E-state index in [4.69, 9.17) is 16.6 Å². The molecule has 0 radical (unpaired) electrons. The van der Waals surface area contributed by atoms with Crippen molar-refractivity contribution in [2.45, 2.75) is 26.7 Å². The minimum Gasteiger partial charge on any atom is -0.342 e. The van der Waals surface area contributed by atoms with Crippen molar-refractivity contribution in [2.75, 3.05) is 0 Å². The summed E-state index contributed by atoms with van der Waals surface area (Å²) in [5, 5.41) is 0.756. The van der Waals surface area contributed by atoms with Crippen LogP contribution < -0.4 is 0 Å². The molecule has 2 aromatic carbocycles. The molecule has 1 N–H and O–H groups in total. The van der Waals surface area contributed by atoms with Crippen LogP contribution in [-0.4, -0.2) is 9.97 Å². The molecule has 3 heteroatoms. The third kappa shape index (κ3) is 2.44. The van der Waals surface area contributed by atoms with Crippen molar-refractivity contribution in [1.82, 2.24) is 9.97 Å². The molecule has 0 aliphatic carbocycles. The van der Waals surface area contributed by atoms with Gasteiger partial charge in [-0.3, -0.25) is 0 Å². The first-order chi connectivity index (χ1) is 9.67. The lowest BCUT2D eigenvalue weighted by Gasteiger charge is -2.04. The average Bonchev–Trinajstić information content (AvgIpc) is 2.81. The minimum absolute atomic E-state index is 0.756. The fourth-order valence-corrected chi connectivity index (χ4v) is 2.64. The van der Waals surface area contributed by atoms with Crippen LogP contribution in [0.5, 0.6) is 0 Å². The zero-order valence-electron chi connectivity index (χ0n) is 11.7.